The topological polar surface area (TPSA) is 52.6 Å². The van der Waals surface area contributed by atoms with Crippen LogP contribution in [-0.2, 0) is 13.1 Å². The Morgan fingerprint density at radius 3 is 2.58 bits per heavy atom. The van der Waals surface area contributed by atoms with E-state index in [9.17, 15) is 4.79 Å². The third-order valence-corrected chi connectivity index (χ3v) is 3.45. The van der Waals surface area contributed by atoms with Crippen molar-refractivity contribution in [2.45, 2.75) is 13.1 Å². The van der Waals surface area contributed by atoms with Gasteiger partial charge in [-0.2, -0.15) is 0 Å². The van der Waals surface area contributed by atoms with E-state index in [0.29, 0.717) is 12.1 Å². The average molecular weight is 254 g/mol. The van der Waals surface area contributed by atoms with Crippen LogP contribution < -0.4 is 10.4 Å². The summed E-state index contributed by atoms with van der Waals surface area (Å²) in [7, 11) is 0. The number of amides is 1. The molecule has 1 amide bonds. The Morgan fingerprint density at radius 2 is 1.84 bits per heavy atom. The molecule has 0 fully saturated rings. The minimum Gasteiger partial charge on any atom is -0.363 e. The molecule has 1 heterocycles. The van der Waals surface area contributed by atoms with E-state index in [4.69, 9.17) is 5.21 Å². The number of carbonyl (C=O) groups excluding carboxylic acids is 1. The molecule has 0 spiro atoms. The van der Waals surface area contributed by atoms with Gasteiger partial charge in [-0.1, -0.05) is 30.3 Å². The van der Waals surface area contributed by atoms with E-state index >= 15 is 0 Å². The minimum absolute atomic E-state index is 0.452. The molecular formula is C15H14N2O2. The van der Waals surface area contributed by atoms with Crippen LogP contribution in [-0.4, -0.2) is 11.1 Å². The van der Waals surface area contributed by atoms with Crippen molar-refractivity contribution in [3.8, 4) is 0 Å². The van der Waals surface area contributed by atoms with Crippen molar-refractivity contribution in [1.29, 1.82) is 0 Å². The Morgan fingerprint density at radius 1 is 1.05 bits per heavy atom. The van der Waals surface area contributed by atoms with Crippen LogP contribution in [0.5, 0.6) is 0 Å². The number of benzene rings is 2. The first-order chi connectivity index (χ1) is 9.29. The van der Waals surface area contributed by atoms with E-state index in [1.165, 1.54) is 0 Å². The quantitative estimate of drug-likeness (QED) is 0.639. The largest absolute Gasteiger partial charge is 0.363 e. The number of nitrogens with one attached hydrogen (secondary N) is 1. The van der Waals surface area contributed by atoms with Crippen LogP contribution in [0.3, 0.4) is 0 Å². The van der Waals surface area contributed by atoms with Gasteiger partial charge in [0.05, 0.1) is 0 Å². The van der Waals surface area contributed by atoms with Gasteiger partial charge in [0.2, 0.25) is 0 Å². The lowest BCUT2D eigenvalue weighted by Gasteiger charge is -2.17. The second-order valence-corrected chi connectivity index (χ2v) is 4.58. The molecule has 19 heavy (non-hydrogen) atoms. The fraction of sp³-hybridized carbons (Fsp3) is 0.133. The third kappa shape index (κ3) is 2.06. The molecule has 2 aromatic carbocycles. The van der Waals surface area contributed by atoms with E-state index in [-0.39, 0.29) is 0 Å². The Bertz CT molecular complexity index is 611. The van der Waals surface area contributed by atoms with Gasteiger partial charge in [0.1, 0.15) is 0 Å². The monoisotopic (exact) mass is 254 g/mol. The molecule has 1 aliphatic heterocycles. The zero-order valence-electron chi connectivity index (χ0n) is 10.3. The summed E-state index contributed by atoms with van der Waals surface area (Å²) in [6.45, 7) is 1.47. The first kappa shape index (κ1) is 11.7. The highest BCUT2D eigenvalue weighted by Gasteiger charge is 2.23. The van der Waals surface area contributed by atoms with E-state index in [0.717, 1.165) is 23.4 Å². The van der Waals surface area contributed by atoms with Crippen LogP contribution in [0.1, 0.15) is 21.5 Å². The second-order valence-electron chi connectivity index (χ2n) is 4.58. The summed E-state index contributed by atoms with van der Waals surface area (Å²) in [4.78, 5) is 13.8. The predicted molar refractivity (Wildman–Crippen MR) is 72.0 cm³/mol. The predicted octanol–water partition coefficient (Wildman–Crippen LogP) is 2.33. The Balaban J connectivity index is 1.94. The molecule has 0 saturated carbocycles. The number of para-hydroxylation sites is 1. The highest BCUT2D eigenvalue weighted by Crippen LogP contribution is 2.30. The molecule has 0 unspecified atom stereocenters. The lowest BCUT2D eigenvalue weighted by Crippen LogP contribution is -2.21. The Kier molecular flexibility index (Phi) is 2.93. The summed E-state index contributed by atoms with van der Waals surface area (Å²) in [5.41, 5.74) is 5.50. The summed E-state index contributed by atoms with van der Waals surface area (Å²) in [6, 6.07) is 15.7. The smallest absolute Gasteiger partial charge is 0.274 e. The zero-order valence-corrected chi connectivity index (χ0v) is 10.3. The van der Waals surface area contributed by atoms with Gasteiger partial charge in [-0.05, 0) is 29.3 Å². The number of fused-ring (bicyclic) bond motifs is 1. The number of carbonyl (C=O) groups is 1. The van der Waals surface area contributed by atoms with Gasteiger partial charge in [-0.25, -0.2) is 5.48 Å². The summed E-state index contributed by atoms with van der Waals surface area (Å²) < 4.78 is 0. The third-order valence-electron chi connectivity index (χ3n) is 3.45. The first-order valence-corrected chi connectivity index (χ1v) is 6.15. The number of anilines is 1. The van der Waals surface area contributed by atoms with Crippen LogP contribution in [0.4, 0.5) is 5.69 Å². The van der Waals surface area contributed by atoms with Crippen molar-refractivity contribution < 1.29 is 10.0 Å². The van der Waals surface area contributed by atoms with Crippen LogP contribution in [0.15, 0.2) is 48.5 Å². The molecule has 2 aromatic rings. The lowest BCUT2D eigenvalue weighted by molar-refractivity contribution is 0.0705. The van der Waals surface area contributed by atoms with Crippen molar-refractivity contribution >= 4 is 11.6 Å². The zero-order chi connectivity index (χ0) is 13.2. The maximum absolute atomic E-state index is 11.6. The number of rotatable bonds is 2. The standard InChI is InChI=1S/C15H14N2O2/c18-15(16-19)13-8-4-5-11-9-17(10-14(11)13)12-6-2-1-3-7-12/h1-8,19H,9-10H2,(H,16,18). The van der Waals surface area contributed by atoms with Gasteiger partial charge >= 0.3 is 0 Å². The number of hydrogen-bond acceptors (Lipinski definition) is 3. The second kappa shape index (κ2) is 4.74. The summed E-state index contributed by atoms with van der Waals surface area (Å²) in [5.74, 6) is -0.452. The molecule has 0 bridgehead atoms. The van der Waals surface area contributed by atoms with Gasteiger partial charge < -0.3 is 4.90 Å². The van der Waals surface area contributed by atoms with Crippen molar-refractivity contribution in [1.82, 2.24) is 5.48 Å². The number of nitrogens with zero attached hydrogens (tertiary/aromatic N) is 1. The minimum atomic E-state index is -0.452. The van der Waals surface area contributed by atoms with Crippen LogP contribution in [0.25, 0.3) is 0 Å². The molecule has 2 N–H and O–H groups in total. The molecule has 1 aliphatic rings. The highest BCUT2D eigenvalue weighted by molar-refractivity contribution is 5.95. The van der Waals surface area contributed by atoms with Crippen LogP contribution in [0.2, 0.25) is 0 Å². The van der Waals surface area contributed by atoms with Gasteiger partial charge in [0.25, 0.3) is 5.91 Å². The molecule has 0 aromatic heterocycles. The molecule has 3 rings (SSSR count). The lowest BCUT2D eigenvalue weighted by atomic mass is 10.0. The Labute approximate surface area is 111 Å². The molecule has 4 nitrogen and oxygen atoms in total. The summed E-state index contributed by atoms with van der Waals surface area (Å²) >= 11 is 0. The molecular weight excluding hydrogens is 240 g/mol. The van der Waals surface area contributed by atoms with E-state index in [1.807, 2.05) is 30.3 Å². The van der Waals surface area contributed by atoms with E-state index in [2.05, 4.69) is 17.0 Å². The normalized spacial score (nSPS) is 13.2. The molecule has 0 saturated heterocycles. The maximum atomic E-state index is 11.6. The van der Waals surface area contributed by atoms with Crippen molar-refractivity contribution in [3.05, 3.63) is 65.2 Å². The highest BCUT2D eigenvalue weighted by atomic mass is 16.5. The molecule has 0 radical (unpaired) electrons. The maximum Gasteiger partial charge on any atom is 0.274 e. The fourth-order valence-corrected chi connectivity index (χ4v) is 2.52. The number of hydrogen-bond donors (Lipinski definition) is 2. The molecule has 96 valence electrons. The number of hydroxylamine groups is 1. The van der Waals surface area contributed by atoms with Crippen LogP contribution in [0, 0.1) is 0 Å². The van der Waals surface area contributed by atoms with Gasteiger partial charge in [-0.3, -0.25) is 10.0 Å². The molecule has 0 atom stereocenters. The van der Waals surface area contributed by atoms with Crippen molar-refractivity contribution in [2.24, 2.45) is 0 Å². The van der Waals surface area contributed by atoms with Crippen molar-refractivity contribution in [2.75, 3.05) is 4.90 Å². The summed E-state index contributed by atoms with van der Waals surface area (Å²) in [6.07, 6.45) is 0. The van der Waals surface area contributed by atoms with E-state index < -0.39 is 5.91 Å². The fourth-order valence-electron chi connectivity index (χ4n) is 2.52. The van der Waals surface area contributed by atoms with E-state index in [1.54, 1.807) is 11.5 Å². The Hall–Kier alpha value is -2.33. The molecule has 0 aliphatic carbocycles. The van der Waals surface area contributed by atoms with Gasteiger partial charge in [0.15, 0.2) is 0 Å². The average Bonchev–Trinajstić information content (AvgIpc) is 2.91. The molecule has 4 heteroatoms. The van der Waals surface area contributed by atoms with Crippen molar-refractivity contribution in [3.63, 3.8) is 0 Å². The SMILES string of the molecule is O=C(NO)c1cccc2c1CN(c1ccccc1)C2. The van der Waals surface area contributed by atoms with Gasteiger partial charge in [-0.15, -0.1) is 0 Å². The van der Waals surface area contributed by atoms with Crippen LogP contribution >= 0.6 is 0 Å². The first-order valence-electron chi connectivity index (χ1n) is 6.15. The summed E-state index contributed by atoms with van der Waals surface area (Å²) in [5, 5.41) is 8.79. The van der Waals surface area contributed by atoms with Gasteiger partial charge in [0, 0.05) is 24.3 Å².